The van der Waals surface area contributed by atoms with E-state index in [9.17, 15) is 9.90 Å². The van der Waals surface area contributed by atoms with Crippen molar-refractivity contribution in [1.29, 1.82) is 0 Å². The number of halogens is 1. The number of aromatic nitrogens is 1. The summed E-state index contributed by atoms with van der Waals surface area (Å²) >= 11 is 6.40. The third kappa shape index (κ3) is 4.28. The van der Waals surface area contributed by atoms with Crippen molar-refractivity contribution in [2.24, 2.45) is 5.92 Å². The molecular weight excluding hydrogens is 374 g/mol. The topological polar surface area (TPSA) is 62.3 Å². The highest BCUT2D eigenvalue weighted by Crippen LogP contribution is 2.40. The zero-order valence-corrected chi connectivity index (χ0v) is 17.0. The van der Waals surface area contributed by atoms with Gasteiger partial charge in [-0.1, -0.05) is 23.7 Å². The van der Waals surface area contributed by atoms with Crippen molar-refractivity contribution >= 4 is 11.6 Å². The molecule has 2 aliphatic carbocycles. The number of nitrogens with one attached hydrogen (secondary N) is 1. The summed E-state index contributed by atoms with van der Waals surface area (Å²) in [5.74, 6) is 1.69. The maximum atomic E-state index is 12.6. The lowest BCUT2D eigenvalue weighted by Crippen LogP contribution is -2.22. The number of hydrogen-bond donors (Lipinski definition) is 2. The average Bonchev–Trinajstić information content (AvgIpc) is 3.52. The van der Waals surface area contributed by atoms with Gasteiger partial charge < -0.3 is 14.8 Å². The minimum absolute atomic E-state index is 0.0451. The molecule has 0 radical (unpaired) electrons. The van der Waals surface area contributed by atoms with Crippen LogP contribution in [0.15, 0.2) is 35.1 Å². The Morgan fingerprint density at radius 3 is 2.50 bits per heavy atom. The smallest absolute Gasteiger partial charge is 0.251 e. The summed E-state index contributed by atoms with van der Waals surface area (Å²) in [6.07, 6.45) is 6.76. The highest BCUT2D eigenvalue weighted by molar-refractivity contribution is 6.32. The van der Waals surface area contributed by atoms with E-state index >= 15 is 0 Å². The van der Waals surface area contributed by atoms with Crippen molar-refractivity contribution in [3.8, 4) is 5.75 Å². The van der Waals surface area contributed by atoms with Crippen LogP contribution in [0.1, 0.15) is 73.6 Å². The Balaban J connectivity index is 1.65. The summed E-state index contributed by atoms with van der Waals surface area (Å²) in [7, 11) is 1.61. The molecular formula is C23H28ClNO3. The first kappa shape index (κ1) is 19.5. The molecule has 1 aromatic heterocycles. The molecule has 2 saturated carbocycles. The summed E-state index contributed by atoms with van der Waals surface area (Å²) in [6, 6.07) is 9.98. The lowest BCUT2D eigenvalue weighted by molar-refractivity contribution is 0.105. The van der Waals surface area contributed by atoms with Crippen LogP contribution < -0.4 is 10.3 Å². The largest absolute Gasteiger partial charge is 0.495 e. The third-order valence-corrected chi connectivity index (χ3v) is 6.61. The Kier molecular flexibility index (Phi) is 5.79. The summed E-state index contributed by atoms with van der Waals surface area (Å²) in [4.78, 5) is 15.8. The van der Waals surface area contributed by atoms with E-state index in [0.717, 1.165) is 61.8 Å². The Labute approximate surface area is 170 Å². The monoisotopic (exact) mass is 401 g/mol. The van der Waals surface area contributed by atoms with Crippen LogP contribution in [-0.4, -0.2) is 23.3 Å². The summed E-state index contributed by atoms with van der Waals surface area (Å²) in [6.45, 7) is 0. The van der Waals surface area contributed by atoms with Crippen molar-refractivity contribution in [2.45, 2.75) is 62.9 Å². The molecule has 1 unspecified atom stereocenters. The van der Waals surface area contributed by atoms with Crippen molar-refractivity contribution in [2.75, 3.05) is 7.11 Å². The summed E-state index contributed by atoms with van der Waals surface area (Å²) in [5, 5.41) is 10.4. The molecule has 0 bridgehead atoms. The lowest BCUT2D eigenvalue weighted by atomic mass is 9.78. The number of aliphatic hydroxyl groups is 1. The highest BCUT2D eigenvalue weighted by Gasteiger charge is 2.28. The Morgan fingerprint density at radius 1 is 1.14 bits per heavy atom. The van der Waals surface area contributed by atoms with Crippen LogP contribution in [-0.2, 0) is 0 Å². The number of aliphatic hydroxyl groups excluding tert-OH is 1. The van der Waals surface area contributed by atoms with Gasteiger partial charge in [0.05, 0.1) is 18.2 Å². The molecule has 150 valence electrons. The van der Waals surface area contributed by atoms with Crippen molar-refractivity contribution < 1.29 is 9.84 Å². The van der Waals surface area contributed by atoms with Crippen molar-refractivity contribution in [1.82, 2.24) is 4.98 Å². The Bertz CT molecular complexity index is 882. The molecule has 2 fully saturated rings. The second kappa shape index (κ2) is 8.30. The second-order valence-corrected chi connectivity index (χ2v) is 8.74. The van der Waals surface area contributed by atoms with E-state index in [0.29, 0.717) is 22.6 Å². The van der Waals surface area contributed by atoms with Crippen LogP contribution in [0.25, 0.3) is 0 Å². The fourth-order valence-electron chi connectivity index (χ4n) is 4.48. The van der Waals surface area contributed by atoms with E-state index in [-0.39, 0.29) is 17.6 Å². The number of rotatable bonds is 6. The molecule has 28 heavy (non-hydrogen) atoms. The molecule has 0 saturated heterocycles. The zero-order chi connectivity index (χ0) is 19.7. The number of benzene rings is 1. The van der Waals surface area contributed by atoms with E-state index in [2.05, 4.69) is 11.1 Å². The fraction of sp³-hybridized carbons (Fsp3) is 0.522. The summed E-state index contributed by atoms with van der Waals surface area (Å²) < 4.78 is 5.30. The van der Waals surface area contributed by atoms with E-state index < -0.39 is 0 Å². The molecule has 2 N–H and O–H groups in total. The van der Waals surface area contributed by atoms with Gasteiger partial charge in [-0.15, -0.1) is 0 Å². The van der Waals surface area contributed by atoms with Crippen molar-refractivity contribution in [3.05, 3.63) is 62.5 Å². The highest BCUT2D eigenvalue weighted by atomic mass is 35.5. The minimum atomic E-state index is -0.164. The number of pyridine rings is 1. The van der Waals surface area contributed by atoms with E-state index in [4.69, 9.17) is 16.3 Å². The van der Waals surface area contributed by atoms with E-state index in [1.807, 2.05) is 24.3 Å². The molecule has 2 aromatic rings. The maximum absolute atomic E-state index is 12.6. The lowest BCUT2D eigenvalue weighted by Gasteiger charge is -2.29. The van der Waals surface area contributed by atoms with E-state index in [1.54, 1.807) is 7.11 Å². The Hall–Kier alpha value is -1.78. The number of H-pyrrole nitrogens is 1. The van der Waals surface area contributed by atoms with Gasteiger partial charge >= 0.3 is 0 Å². The first-order valence-corrected chi connectivity index (χ1v) is 10.7. The standard InChI is InChI=1S/C23H28ClNO3/c1-28-22-11-6-16(13-20(22)24)19(12-14-2-7-17(26)8-3-14)21-10-9-18(15-4-5-15)23(27)25-21/h6,9-11,13-15,17,19,26H,2-5,7-8,12H2,1H3,(H,25,27)/t14-,17-,19?. The minimum Gasteiger partial charge on any atom is -0.495 e. The average molecular weight is 402 g/mol. The Morgan fingerprint density at radius 2 is 1.89 bits per heavy atom. The molecule has 1 atom stereocenters. The van der Waals surface area contributed by atoms with Gasteiger partial charge in [0.1, 0.15) is 5.75 Å². The SMILES string of the molecule is COc1ccc(C(C[C@H]2CC[C@H](O)CC2)c2ccc(C3CC3)c(=O)[nH]2)cc1Cl. The van der Waals surface area contributed by atoms with E-state index in [1.165, 1.54) is 0 Å². The zero-order valence-electron chi connectivity index (χ0n) is 16.3. The van der Waals surface area contributed by atoms with Gasteiger partial charge in [-0.2, -0.15) is 0 Å². The maximum Gasteiger partial charge on any atom is 0.251 e. The molecule has 4 nitrogen and oxygen atoms in total. The quantitative estimate of drug-likeness (QED) is 0.716. The van der Waals surface area contributed by atoms with Gasteiger partial charge in [0.15, 0.2) is 0 Å². The fourth-order valence-corrected chi connectivity index (χ4v) is 4.74. The second-order valence-electron chi connectivity index (χ2n) is 8.33. The van der Waals surface area contributed by atoms with Gasteiger partial charge in [-0.3, -0.25) is 4.79 Å². The summed E-state index contributed by atoms with van der Waals surface area (Å²) in [5.41, 5.74) is 2.99. The predicted octanol–water partition coefficient (Wildman–Crippen LogP) is 4.99. The normalized spacial score (nSPS) is 23.4. The van der Waals surface area contributed by atoms with Crippen LogP contribution in [0.4, 0.5) is 0 Å². The van der Waals surface area contributed by atoms with Crippen LogP contribution in [0.3, 0.4) is 0 Å². The third-order valence-electron chi connectivity index (χ3n) is 6.32. The van der Waals surface area contributed by atoms with Crippen LogP contribution in [0, 0.1) is 5.92 Å². The predicted molar refractivity (Wildman–Crippen MR) is 111 cm³/mol. The van der Waals surface area contributed by atoms with Gasteiger partial charge in [0, 0.05) is 17.2 Å². The first-order chi connectivity index (χ1) is 13.5. The first-order valence-electron chi connectivity index (χ1n) is 10.3. The van der Waals surface area contributed by atoms with Crippen LogP contribution >= 0.6 is 11.6 Å². The molecule has 1 heterocycles. The molecule has 1 aromatic carbocycles. The van der Waals surface area contributed by atoms with Crippen LogP contribution in [0.2, 0.25) is 5.02 Å². The van der Waals surface area contributed by atoms with Crippen molar-refractivity contribution in [3.63, 3.8) is 0 Å². The molecule has 0 aliphatic heterocycles. The number of aromatic amines is 1. The number of hydrogen-bond acceptors (Lipinski definition) is 3. The van der Waals surface area contributed by atoms with Gasteiger partial charge in [0.25, 0.3) is 5.56 Å². The van der Waals surface area contributed by atoms with Gasteiger partial charge in [-0.25, -0.2) is 0 Å². The molecule has 2 aliphatic rings. The molecule has 5 heteroatoms. The number of methoxy groups -OCH3 is 1. The molecule has 0 amide bonds. The molecule has 4 rings (SSSR count). The number of ether oxygens (including phenoxy) is 1. The van der Waals surface area contributed by atoms with Crippen LogP contribution in [0.5, 0.6) is 5.75 Å². The van der Waals surface area contributed by atoms with Gasteiger partial charge in [0.2, 0.25) is 0 Å². The van der Waals surface area contributed by atoms with Gasteiger partial charge in [-0.05, 0) is 80.5 Å². The molecule has 0 spiro atoms.